The summed E-state index contributed by atoms with van der Waals surface area (Å²) in [7, 11) is 0. The van der Waals surface area contributed by atoms with Gasteiger partial charge in [-0.25, -0.2) is 0 Å². The summed E-state index contributed by atoms with van der Waals surface area (Å²) >= 11 is 0. The van der Waals surface area contributed by atoms with Crippen LogP contribution in [0.1, 0.15) is 13.3 Å². The lowest BCUT2D eigenvalue weighted by atomic mass is 10.4. The van der Waals surface area contributed by atoms with E-state index in [1.54, 1.807) is 0 Å². The molecule has 0 fully saturated rings. The highest BCUT2D eigenvalue weighted by atomic mass is 19.4. The molecule has 0 saturated carbocycles. The molecule has 0 unspecified atom stereocenters. The van der Waals surface area contributed by atoms with E-state index >= 15 is 0 Å². The second-order valence-corrected chi connectivity index (χ2v) is 3.01. The Kier molecular flexibility index (Phi) is 7.09. The fourth-order valence-corrected chi connectivity index (χ4v) is 1.02. The van der Waals surface area contributed by atoms with E-state index in [2.05, 4.69) is 4.74 Å². The van der Waals surface area contributed by atoms with Gasteiger partial charge in [-0.05, 0) is 6.54 Å². The summed E-state index contributed by atoms with van der Waals surface area (Å²) in [6.07, 6.45) is -3.88. The summed E-state index contributed by atoms with van der Waals surface area (Å²) in [5.41, 5.74) is 0. The number of nitrogens with zero attached hydrogens (tertiary/aromatic N) is 2. The van der Waals surface area contributed by atoms with Gasteiger partial charge in [0, 0.05) is 19.5 Å². The number of alkyl halides is 3. The van der Waals surface area contributed by atoms with E-state index in [-0.39, 0.29) is 6.61 Å². The molecule has 0 heterocycles. The van der Waals surface area contributed by atoms with Crippen LogP contribution in [0.15, 0.2) is 0 Å². The van der Waals surface area contributed by atoms with Gasteiger partial charge in [0.25, 0.3) is 0 Å². The standard InChI is InChI=1S/C9H15F3N2O/c1-2-14(5-3-4-13)6-7-15-8-9(10,11)12/h2-3,5-8H2,1H3. The molecular weight excluding hydrogens is 209 g/mol. The average molecular weight is 224 g/mol. The van der Waals surface area contributed by atoms with E-state index in [0.717, 1.165) is 0 Å². The number of likely N-dealkylation sites (N-methyl/N-ethyl adjacent to an activating group) is 1. The molecule has 0 rings (SSSR count). The molecule has 0 aliphatic heterocycles. The van der Waals surface area contributed by atoms with E-state index in [4.69, 9.17) is 5.26 Å². The Morgan fingerprint density at radius 1 is 1.33 bits per heavy atom. The van der Waals surface area contributed by atoms with Crippen molar-refractivity contribution in [3.63, 3.8) is 0 Å². The molecule has 6 heteroatoms. The summed E-state index contributed by atoms with van der Waals surface area (Å²) in [5, 5.41) is 8.33. The minimum atomic E-state index is -4.26. The Labute approximate surface area is 87.4 Å². The lowest BCUT2D eigenvalue weighted by molar-refractivity contribution is -0.174. The van der Waals surface area contributed by atoms with Gasteiger partial charge in [0.2, 0.25) is 0 Å². The van der Waals surface area contributed by atoms with Crippen molar-refractivity contribution in [2.45, 2.75) is 19.5 Å². The molecule has 0 aliphatic carbocycles. The minimum Gasteiger partial charge on any atom is -0.371 e. The van der Waals surface area contributed by atoms with Crippen LogP contribution in [0.5, 0.6) is 0 Å². The molecule has 88 valence electrons. The molecule has 0 saturated heterocycles. The molecule has 15 heavy (non-hydrogen) atoms. The molecule has 0 atom stereocenters. The van der Waals surface area contributed by atoms with Crippen LogP contribution in [0.25, 0.3) is 0 Å². The zero-order valence-corrected chi connectivity index (χ0v) is 8.68. The molecule has 0 bridgehead atoms. The van der Waals surface area contributed by atoms with Gasteiger partial charge in [-0.3, -0.25) is 0 Å². The monoisotopic (exact) mass is 224 g/mol. The predicted molar refractivity (Wildman–Crippen MR) is 49.2 cm³/mol. The minimum absolute atomic E-state index is 0.0405. The second-order valence-electron chi connectivity index (χ2n) is 3.01. The van der Waals surface area contributed by atoms with Crippen molar-refractivity contribution in [3.05, 3.63) is 0 Å². The SMILES string of the molecule is CCN(CCC#N)CCOCC(F)(F)F. The first kappa shape index (κ1) is 14.2. The predicted octanol–water partition coefficient (Wildman–Crippen LogP) is 1.80. The van der Waals surface area contributed by atoms with E-state index in [1.165, 1.54) is 0 Å². The molecule has 0 N–H and O–H groups in total. The van der Waals surface area contributed by atoms with Crippen LogP contribution >= 0.6 is 0 Å². The van der Waals surface area contributed by atoms with Crippen LogP contribution in [0, 0.1) is 11.3 Å². The number of halogens is 3. The Morgan fingerprint density at radius 3 is 2.47 bits per heavy atom. The fraction of sp³-hybridized carbons (Fsp3) is 0.889. The summed E-state index contributed by atoms with van der Waals surface area (Å²) in [5.74, 6) is 0. The van der Waals surface area contributed by atoms with Gasteiger partial charge in [-0.15, -0.1) is 0 Å². The summed E-state index contributed by atoms with van der Waals surface area (Å²) in [4.78, 5) is 1.87. The number of rotatable bonds is 7. The van der Waals surface area contributed by atoms with Gasteiger partial charge in [-0.1, -0.05) is 6.92 Å². The van der Waals surface area contributed by atoms with Crippen molar-refractivity contribution in [1.82, 2.24) is 4.90 Å². The summed E-state index contributed by atoms with van der Waals surface area (Å²) < 4.78 is 39.5. The first-order chi connectivity index (χ1) is 6.99. The molecular formula is C9H15F3N2O. The van der Waals surface area contributed by atoms with Crippen LogP contribution in [0.3, 0.4) is 0 Å². The first-order valence-electron chi connectivity index (χ1n) is 4.73. The molecule has 0 spiro atoms. The molecule has 0 aromatic rings. The van der Waals surface area contributed by atoms with Crippen molar-refractivity contribution in [2.75, 3.05) is 32.8 Å². The Balaban J connectivity index is 3.51. The maximum absolute atomic E-state index is 11.7. The highest BCUT2D eigenvalue weighted by Gasteiger charge is 2.27. The lowest BCUT2D eigenvalue weighted by Crippen LogP contribution is -2.29. The summed E-state index contributed by atoms with van der Waals surface area (Å²) in [6, 6.07) is 1.98. The molecule has 3 nitrogen and oxygen atoms in total. The molecule has 0 radical (unpaired) electrons. The van der Waals surface area contributed by atoms with Gasteiger partial charge in [0.1, 0.15) is 6.61 Å². The van der Waals surface area contributed by atoms with Gasteiger partial charge >= 0.3 is 6.18 Å². The van der Waals surface area contributed by atoms with E-state index in [0.29, 0.717) is 26.1 Å². The highest BCUT2D eigenvalue weighted by Crippen LogP contribution is 2.14. The van der Waals surface area contributed by atoms with Crippen molar-refractivity contribution in [2.24, 2.45) is 0 Å². The second kappa shape index (κ2) is 7.49. The molecule has 0 amide bonds. The fourth-order valence-electron chi connectivity index (χ4n) is 1.02. The van der Waals surface area contributed by atoms with Crippen LogP contribution in [0.4, 0.5) is 13.2 Å². The van der Waals surface area contributed by atoms with Crippen LogP contribution in [-0.4, -0.2) is 43.9 Å². The third kappa shape index (κ3) is 9.50. The number of hydrogen-bond acceptors (Lipinski definition) is 3. The van der Waals surface area contributed by atoms with E-state index < -0.39 is 12.8 Å². The van der Waals surface area contributed by atoms with E-state index in [1.807, 2.05) is 17.9 Å². The maximum atomic E-state index is 11.7. The van der Waals surface area contributed by atoms with Crippen molar-refractivity contribution >= 4 is 0 Å². The quantitative estimate of drug-likeness (QED) is 0.619. The van der Waals surface area contributed by atoms with Gasteiger partial charge < -0.3 is 9.64 Å². The Bertz CT molecular complexity index is 201. The largest absolute Gasteiger partial charge is 0.411 e. The zero-order valence-electron chi connectivity index (χ0n) is 8.68. The number of hydrogen-bond donors (Lipinski definition) is 0. The normalized spacial score (nSPS) is 11.7. The molecule has 0 aromatic heterocycles. The number of ether oxygens (including phenoxy) is 1. The van der Waals surface area contributed by atoms with Crippen LogP contribution in [-0.2, 0) is 4.74 Å². The lowest BCUT2D eigenvalue weighted by Gasteiger charge is -2.18. The summed E-state index contributed by atoms with van der Waals surface area (Å²) in [6.45, 7) is 2.43. The highest BCUT2D eigenvalue weighted by molar-refractivity contribution is 4.71. The van der Waals surface area contributed by atoms with Gasteiger partial charge in [0.05, 0.1) is 12.7 Å². The Morgan fingerprint density at radius 2 is 2.00 bits per heavy atom. The van der Waals surface area contributed by atoms with Crippen LogP contribution < -0.4 is 0 Å². The van der Waals surface area contributed by atoms with Crippen molar-refractivity contribution < 1.29 is 17.9 Å². The molecule has 0 aromatic carbocycles. The van der Waals surface area contributed by atoms with E-state index in [9.17, 15) is 13.2 Å². The third-order valence-electron chi connectivity index (χ3n) is 1.80. The van der Waals surface area contributed by atoms with Crippen molar-refractivity contribution in [1.29, 1.82) is 5.26 Å². The Hall–Kier alpha value is -0.800. The van der Waals surface area contributed by atoms with Gasteiger partial charge in [-0.2, -0.15) is 18.4 Å². The zero-order chi connectivity index (χ0) is 11.7. The maximum Gasteiger partial charge on any atom is 0.411 e. The third-order valence-corrected chi connectivity index (χ3v) is 1.80. The van der Waals surface area contributed by atoms with Crippen LogP contribution in [0.2, 0.25) is 0 Å². The van der Waals surface area contributed by atoms with Crippen molar-refractivity contribution in [3.8, 4) is 6.07 Å². The number of nitriles is 1. The topological polar surface area (TPSA) is 36.3 Å². The van der Waals surface area contributed by atoms with Gasteiger partial charge in [0.15, 0.2) is 0 Å². The smallest absolute Gasteiger partial charge is 0.371 e. The average Bonchev–Trinajstić information content (AvgIpc) is 2.15. The molecule has 0 aliphatic rings. The first-order valence-corrected chi connectivity index (χ1v) is 4.73.